The smallest absolute Gasteiger partial charge is 0.247 e. The van der Waals surface area contributed by atoms with Crippen molar-refractivity contribution in [1.82, 2.24) is 5.32 Å². The number of fused-ring (bicyclic) bond motifs is 1. The van der Waals surface area contributed by atoms with E-state index in [0.717, 1.165) is 12.0 Å². The molecule has 2 N–H and O–H groups in total. The van der Waals surface area contributed by atoms with Gasteiger partial charge in [-0.3, -0.25) is 9.59 Å². The third-order valence-electron chi connectivity index (χ3n) is 4.74. The van der Waals surface area contributed by atoms with Crippen LogP contribution in [0, 0.1) is 5.82 Å². The Bertz CT molecular complexity index is 906. The van der Waals surface area contributed by atoms with Gasteiger partial charge in [-0.2, -0.15) is 0 Å². The molecule has 1 fully saturated rings. The Morgan fingerprint density at radius 1 is 1.14 bits per heavy atom. The van der Waals surface area contributed by atoms with Crippen LogP contribution >= 0.6 is 11.8 Å². The lowest BCUT2D eigenvalue weighted by Crippen LogP contribution is -2.52. The Morgan fingerprint density at radius 2 is 1.90 bits per heavy atom. The van der Waals surface area contributed by atoms with Gasteiger partial charge in [0.05, 0.1) is 18.5 Å². The molecule has 2 aromatic carbocycles. The van der Waals surface area contributed by atoms with E-state index in [1.807, 2.05) is 0 Å². The van der Waals surface area contributed by atoms with E-state index < -0.39 is 6.04 Å². The summed E-state index contributed by atoms with van der Waals surface area (Å²) >= 11 is 1.43. The number of thioether (sulfide) groups is 1. The lowest BCUT2D eigenvalue weighted by Gasteiger charge is -2.28. The first-order valence-electron chi connectivity index (χ1n) is 9.45. The highest BCUT2D eigenvalue weighted by Gasteiger charge is 2.32. The van der Waals surface area contributed by atoms with Gasteiger partial charge < -0.3 is 20.1 Å². The number of hydrogen-bond donors (Lipinski definition) is 2. The van der Waals surface area contributed by atoms with Crippen molar-refractivity contribution in [2.45, 2.75) is 24.1 Å². The second-order valence-corrected chi connectivity index (χ2v) is 8.15. The van der Waals surface area contributed by atoms with Gasteiger partial charge in [0.1, 0.15) is 11.9 Å². The molecular weight excluding hydrogens is 395 g/mol. The number of anilines is 1. The van der Waals surface area contributed by atoms with Gasteiger partial charge in [-0.15, -0.1) is 11.8 Å². The molecule has 2 heterocycles. The Labute approximate surface area is 172 Å². The lowest BCUT2D eigenvalue weighted by molar-refractivity contribution is -0.126. The van der Waals surface area contributed by atoms with Crippen molar-refractivity contribution < 1.29 is 23.5 Å². The van der Waals surface area contributed by atoms with Gasteiger partial charge in [-0.25, -0.2) is 4.39 Å². The number of amides is 2. The van der Waals surface area contributed by atoms with Crippen LogP contribution < -0.4 is 20.1 Å². The summed E-state index contributed by atoms with van der Waals surface area (Å²) in [6.07, 6.45) is 1.30. The van der Waals surface area contributed by atoms with Crippen LogP contribution in [0.4, 0.5) is 10.1 Å². The number of halogens is 1. The molecule has 6 nitrogen and oxygen atoms in total. The van der Waals surface area contributed by atoms with Crippen LogP contribution in [-0.4, -0.2) is 42.1 Å². The molecule has 0 aromatic heterocycles. The summed E-state index contributed by atoms with van der Waals surface area (Å²) in [4.78, 5) is 25.0. The van der Waals surface area contributed by atoms with Crippen molar-refractivity contribution in [3.63, 3.8) is 0 Å². The summed E-state index contributed by atoms with van der Waals surface area (Å²) in [6.45, 7) is 1.16. The second kappa shape index (κ2) is 8.73. The first-order valence-corrected chi connectivity index (χ1v) is 10.5. The van der Waals surface area contributed by atoms with Gasteiger partial charge in [0.15, 0.2) is 11.5 Å². The molecular formula is C21H21FN2O4S. The fourth-order valence-corrected chi connectivity index (χ4v) is 4.38. The molecule has 1 saturated heterocycles. The van der Waals surface area contributed by atoms with E-state index in [1.54, 1.807) is 30.3 Å². The molecule has 0 spiro atoms. The summed E-state index contributed by atoms with van der Waals surface area (Å²) in [7, 11) is 0. The maximum absolute atomic E-state index is 13.0. The summed E-state index contributed by atoms with van der Waals surface area (Å²) in [5, 5.41) is 5.31. The van der Waals surface area contributed by atoms with Gasteiger partial charge in [0, 0.05) is 23.9 Å². The van der Waals surface area contributed by atoms with Crippen LogP contribution in [0.5, 0.6) is 11.5 Å². The molecule has 4 rings (SSSR count). The van der Waals surface area contributed by atoms with Crippen molar-refractivity contribution in [3.05, 3.63) is 53.8 Å². The Kier molecular flexibility index (Phi) is 5.89. The molecule has 0 aliphatic carbocycles. The zero-order valence-corrected chi connectivity index (χ0v) is 16.5. The van der Waals surface area contributed by atoms with Crippen LogP contribution in [0.2, 0.25) is 0 Å². The standard InChI is InChI=1S/C21H21FN2O4S/c22-14-4-2-13(3-5-14)10-19-21(26)24-16(12-29-19)20(25)23-15-6-7-17-18(11-15)28-9-1-8-27-17/h2-7,11,16,19H,1,8-10,12H2,(H,23,25)(H,24,26)/t16-,19+/m1/s1. The first-order chi connectivity index (χ1) is 14.1. The second-order valence-electron chi connectivity index (χ2n) is 6.91. The largest absolute Gasteiger partial charge is 0.490 e. The van der Waals surface area contributed by atoms with Crippen molar-refractivity contribution in [1.29, 1.82) is 0 Å². The molecule has 0 saturated carbocycles. The Balaban J connectivity index is 1.34. The maximum Gasteiger partial charge on any atom is 0.247 e. The molecule has 0 unspecified atom stereocenters. The summed E-state index contributed by atoms with van der Waals surface area (Å²) < 4.78 is 24.3. The van der Waals surface area contributed by atoms with Gasteiger partial charge in [-0.1, -0.05) is 12.1 Å². The molecule has 8 heteroatoms. The van der Waals surface area contributed by atoms with E-state index in [0.29, 0.717) is 42.6 Å². The fourth-order valence-electron chi connectivity index (χ4n) is 3.19. The van der Waals surface area contributed by atoms with Crippen LogP contribution in [-0.2, 0) is 16.0 Å². The topological polar surface area (TPSA) is 76.7 Å². The number of hydrogen-bond acceptors (Lipinski definition) is 5. The summed E-state index contributed by atoms with van der Waals surface area (Å²) in [5.41, 5.74) is 1.47. The quantitative estimate of drug-likeness (QED) is 0.802. The highest BCUT2D eigenvalue weighted by atomic mass is 32.2. The minimum atomic E-state index is -0.618. The highest BCUT2D eigenvalue weighted by molar-refractivity contribution is 8.00. The normalized spacial score (nSPS) is 21.1. The minimum absolute atomic E-state index is 0.190. The zero-order valence-electron chi connectivity index (χ0n) is 15.7. The molecule has 2 aliphatic heterocycles. The van der Waals surface area contributed by atoms with E-state index >= 15 is 0 Å². The monoisotopic (exact) mass is 416 g/mol. The van der Waals surface area contributed by atoms with Crippen LogP contribution in [0.1, 0.15) is 12.0 Å². The van der Waals surface area contributed by atoms with Crippen molar-refractivity contribution >= 4 is 29.3 Å². The average Bonchev–Trinajstić information content (AvgIpc) is 2.96. The van der Waals surface area contributed by atoms with Gasteiger partial charge in [0.2, 0.25) is 11.8 Å². The van der Waals surface area contributed by atoms with Crippen LogP contribution in [0.15, 0.2) is 42.5 Å². The predicted octanol–water partition coefficient (Wildman–Crippen LogP) is 2.77. The maximum atomic E-state index is 13.0. The van der Waals surface area contributed by atoms with E-state index in [-0.39, 0.29) is 22.9 Å². The van der Waals surface area contributed by atoms with E-state index in [4.69, 9.17) is 9.47 Å². The van der Waals surface area contributed by atoms with E-state index in [1.165, 1.54) is 23.9 Å². The number of carbonyl (C=O) groups is 2. The molecule has 2 aliphatic rings. The minimum Gasteiger partial charge on any atom is -0.490 e. The molecule has 0 bridgehead atoms. The van der Waals surface area contributed by atoms with Crippen LogP contribution in [0.25, 0.3) is 0 Å². The fraction of sp³-hybridized carbons (Fsp3) is 0.333. The summed E-state index contributed by atoms with van der Waals surface area (Å²) in [6, 6.07) is 10.7. The SMILES string of the molecule is O=C1N[C@@H](C(=O)Nc2ccc3c(c2)OCCCO3)CS[C@H]1Cc1ccc(F)cc1. The zero-order chi connectivity index (χ0) is 20.2. The molecule has 29 heavy (non-hydrogen) atoms. The number of rotatable bonds is 4. The molecule has 2 aromatic rings. The molecule has 152 valence electrons. The van der Waals surface area contributed by atoms with Gasteiger partial charge >= 0.3 is 0 Å². The van der Waals surface area contributed by atoms with Crippen molar-refractivity contribution in [2.75, 3.05) is 24.3 Å². The lowest BCUT2D eigenvalue weighted by atomic mass is 10.1. The molecule has 0 radical (unpaired) electrons. The third kappa shape index (κ3) is 4.82. The summed E-state index contributed by atoms with van der Waals surface area (Å²) in [5.74, 6) is 0.951. The predicted molar refractivity (Wildman–Crippen MR) is 109 cm³/mol. The third-order valence-corrected chi connectivity index (χ3v) is 6.05. The first kappa shape index (κ1) is 19.6. The number of benzene rings is 2. The van der Waals surface area contributed by atoms with Crippen molar-refractivity contribution in [3.8, 4) is 11.5 Å². The average molecular weight is 416 g/mol. The Morgan fingerprint density at radius 3 is 2.66 bits per heavy atom. The highest BCUT2D eigenvalue weighted by Crippen LogP contribution is 2.32. The van der Waals surface area contributed by atoms with Gasteiger partial charge in [-0.05, 0) is 36.2 Å². The van der Waals surface area contributed by atoms with Crippen molar-refractivity contribution in [2.24, 2.45) is 0 Å². The Hall–Kier alpha value is -2.74. The van der Waals surface area contributed by atoms with Crippen LogP contribution in [0.3, 0.4) is 0 Å². The molecule has 2 atom stereocenters. The van der Waals surface area contributed by atoms with E-state index in [2.05, 4.69) is 10.6 Å². The molecule has 2 amide bonds. The van der Waals surface area contributed by atoms with E-state index in [9.17, 15) is 14.0 Å². The number of ether oxygens (including phenoxy) is 2. The number of carbonyl (C=O) groups excluding carboxylic acids is 2. The number of nitrogens with one attached hydrogen (secondary N) is 2. The van der Waals surface area contributed by atoms with Gasteiger partial charge in [0.25, 0.3) is 0 Å².